The van der Waals surface area contributed by atoms with Crippen LogP contribution in [0.1, 0.15) is 28.2 Å². The largest absolute Gasteiger partial charge is 0.339 e. The van der Waals surface area contributed by atoms with Crippen molar-refractivity contribution < 1.29 is 4.79 Å². The second-order valence-corrected chi connectivity index (χ2v) is 8.38. The van der Waals surface area contributed by atoms with Crippen molar-refractivity contribution in [1.29, 1.82) is 0 Å². The van der Waals surface area contributed by atoms with Crippen LogP contribution in [-0.4, -0.2) is 46.5 Å². The molecule has 5 rings (SSSR count). The Bertz CT molecular complexity index is 1060. The number of carbonyl (C=O) groups is 1. The van der Waals surface area contributed by atoms with Crippen molar-refractivity contribution in [2.75, 3.05) is 24.5 Å². The van der Waals surface area contributed by atoms with Crippen LogP contribution in [0.4, 0.5) is 5.95 Å². The van der Waals surface area contributed by atoms with E-state index < -0.39 is 0 Å². The summed E-state index contributed by atoms with van der Waals surface area (Å²) in [6.45, 7) is 6.60. The summed E-state index contributed by atoms with van der Waals surface area (Å²) in [6, 6.07) is 20.3. The number of benzene rings is 2. The number of aromatic nitrogens is 2. The highest BCUT2D eigenvalue weighted by molar-refractivity contribution is 6.01. The number of piperidine rings is 1. The topological polar surface area (TPSA) is 49.3 Å². The maximum absolute atomic E-state index is 13.5. The molecule has 2 saturated heterocycles. The standard InChI is InChI=1S/C25H26N4O/c1-17-14-18(2)27-25(26-17)28-13-12-20-15-29(23(20)16-28)24(30)22-11-7-6-10-21(22)19-8-4-3-5-9-19/h3-11,14,20,23H,12-13,15-16H2,1-2H3/t20-,23-/m0/s1. The third-order valence-electron chi connectivity index (χ3n) is 6.31. The maximum atomic E-state index is 13.5. The molecular formula is C25H26N4O. The molecule has 2 atom stereocenters. The number of amides is 1. The van der Waals surface area contributed by atoms with E-state index in [1.165, 1.54) is 0 Å². The minimum absolute atomic E-state index is 0.124. The molecule has 0 spiro atoms. The summed E-state index contributed by atoms with van der Waals surface area (Å²) >= 11 is 0. The summed E-state index contributed by atoms with van der Waals surface area (Å²) in [7, 11) is 0. The van der Waals surface area contributed by atoms with Gasteiger partial charge in [0.05, 0.1) is 6.04 Å². The van der Waals surface area contributed by atoms with Crippen molar-refractivity contribution in [2.24, 2.45) is 5.92 Å². The van der Waals surface area contributed by atoms with Gasteiger partial charge in [0.1, 0.15) is 0 Å². The van der Waals surface area contributed by atoms with Gasteiger partial charge in [-0.3, -0.25) is 4.79 Å². The molecule has 0 unspecified atom stereocenters. The van der Waals surface area contributed by atoms with E-state index in [1.807, 2.05) is 67.3 Å². The van der Waals surface area contributed by atoms with E-state index in [1.54, 1.807) is 0 Å². The number of likely N-dealkylation sites (tertiary alicyclic amines) is 1. The number of rotatable bonds is 3. The Morgan fingerprint density at radius 3 is 2.40 bits per heavy atom. The summed E-state index contributed by atoms with van der Waals surface area (Å²) < 4.78 is 0. The van der Waals surface area contributed by atoms with Crippen LogP contribution in [0.15, 0.2) is 60.7 Å². The molecule has 0 aliphatic carbocycles. The van der Waals surface area contributed by atoms with Gasteiger partial charge in [-0.2, -0.15) is 0 Å². The lowest BCUT2D eigenvalue weighted by Gasteiger charge is -2.53. The third-order valence-corrected chi connectivity index (χ3v) is 6.31. The van der Waals surface area contributed by atoms with Gasteiger partial charge in [0.2, 0.25) is 5.95 Å². The summed E-state index contributed by atoms with van der Waals surface area (Å²) in [5.41, 5.74) is 4.82. The van der Waals surface area contributed by atoms with Crippen LogP contribution < -0.4 is 4.90 Å². The minimum Gasteiger partial charge on any atom is -0.339 e. The summed E-state index contributed by atoms with van der Waals surface area (Å²) in [5.74, 6) is 1.48. The first kappa shape index (κ1) is 18.8. The zero-order valence-electron chi connectivity index (χ0n) is 17.5. The van der Waals surface area contributed by atoms with Gasteiger partial charge in [0.25, 0.3) is 5.91 Å². The number of aryl methyl sites for hydroxylation is 2. The highest BCUT2D eigenvalue weighted by Crippen LogP contribution is 2.36. The van der Waals surface area contributed by atoms with Crippen LogP contribution in [0, 0.1) is 19.8 Å². The number of hydrogen-bond donors (Lipinski definition) is 0. The molecule has 2 fully saturated rings. The Hall–Kier alpha value is -3.21. The van der Waals surface area contributed by atoms with Crippen molar-refractivity contribution >= 4 is 11.9 Å². The van der Waals surface area contributed by atoms with Crippen molar-refractivity contribution in [3.8, 4) is 11.1 Å². The molecule has 5 heteroatoms. The zero-order valence-corrected chi connectivity index (χ0v) is 17.5. The van der Waals surface area contributed by atoms with E-state index in [0.717, 1.165) is 60.1 Å². The molecule has 3 heterocycles. The highest BCUT2D eigenvalue weighted by Gasteiger charge is 2.45. The number of carbonyl (C=O) groups excluding carboxylic acids is 1. The van der Waals surface area contributed by atoms with Crippen molar-refractivity contribution in [3.63, 3.8) is 0 Å². The SMILES string of the molecule is Cc1cc(C)nc(N2CC[C@H]3CN(C(=O)c4ccccc4-c4ccccc4)[C@H]3C2)n1. The van der Waals surface area contributed by atoms with Crippen LogP contribution in [0.25, 0.3) is 11.1 Å². The number of anilines is 1. The first-order chi connectivity index (χ1) is 14.6. The van der Waals surface area contributed by atoms with Gasteiger partial charge < -0.3 is 9.80 Å². The lowest BCUT2D eigenvalue weighted by molar-refractivity contribution is 0.00774. The van der Waals surface area contributed by atoms with Crippen molar-refractivity contribution in [2.45, 2.75) is 26.3 Å². The highest BCUT2D eigenvalue weighted by atomic mass is 16.2. The Kier molecular flexibility index (Phi) is 4.74. The average molecular weight is 399 g/mol. The van der Waals surface area contributed by atoms with Gasteiger partial charge >= 0.3 is 0 Å². The van der Waals surface area contributed by atoms with Crippen molar-refractivity contribution in [3.05, 3.63) is 77.6 Å². The van der Waals surface area contributed by atoms with Gasteiger partial charge in [-0.05, 0) is 43.5 Å². The second kappa shape index (κ2) is 7.56. The monoisotopic (exact) mass is 398 g/mol. The van der Waals surface area contributed by atoms with Gasteiger partial charge in [0.15, 0.2) is 0 Å². The maximum Gasteiger partial charge on any atom is 0.254 e. The van der Waals surface area contributed by atoms with E-state index in [-0.39, 0.29) is 11.9 Å². The fourth-order valence-electron chi connectivity index (χ4n) is 4.75. The van der Waals surface area contributed by atoms with Crippen LogP contribution >= 0.6 is 0 Å². The van der Waals surface area contributed by atoms with E-state index in [9.17, 15) is 4.79 Å². The lowest BCUT2D eigenvalue weighted by Crippen LogP contribution is -2.66. The van der Waals surface area contributed by atoms with Crippen LogP contribution in [-0.2, 0) is 0 Å². The predicted molar refractivity (Wildman–Crippen MR) is 119 cm³/mol. The van der Waals surface area contributed by atoms with E-state index in [0.29, 0.717) is 5.92 Å². The Morgan fingerprint density at radius 1 is 0.933 bits per heavy atom. The first-order valence-corrected chi connectivity index (χ1v) is 10.6. The fourth-order valence-corrected chi connectivity index (χ4v) is 4.75. The normalized spacial score (nSPS) is 20.5. The molecule has 3 aromatic rings. The van der Waals surface area contributed by atoms with Crippen molar-refractivity contribution in [1.82, 2.24) is 14.9 Å². The van der Waals surface area contributed by atoms with E-state index in [2.05, 4.69) is 27.0 Å². The van der Waals surface area contributed by atoms with Gasteiger partial charge in [0, 0.05) is 42.5 Å². The molecule has 30 heavy (non-hydrogen) atoms. The molecule has 2 aliphatic heterocycles. The first-order valence-electron chi connectivity index (χ1n) is 10.6. The molecule has 0 saturated carbocycles. The summed E-state index contributed by atoms with van der Waals surface area (Å²) in [4.78, 5) is 27.1. The molecule has 2 aromatic carbocycles. The predicted octanol–water partition coefficient (Wildman–Crippen LogP) is 4.11. The minimum atomic E-state index is 0.124. The molecule has 0 radical (unpaired) electrons. The summed E-state index contributed by atoms with van der Waals surface area (Å²) in [5, 5.41) is 0. The molecular weight excluding hydrogens is 372 g/mol. The lowest BCUT2D eigenvalue weighted by atomic mass is 9.81. The van der Waals surface area contributed by atoms with E-state index in [4.69, 9.17) is 0 Å². The molecule has 0 bridgehead atoms. The quantitative estimate of drug-likeness (QED) is 0.666. The van der Waals surface area contributed by atoms with Gasteiger partial charge in [-0.1, -0.05) is 48.5 Å². The van der Waals surface area contributed by atoms with Crippen LogP contribution in [0.3, 0.4) is 0 Å². The van der Waals surface area contributed by atoms with Crippen LogP contribution in [0.2, 0.25) is 0 Å². The second-order valence-electron chi connectivity index (χ2n) is 8.38. The Morgan fingerprint density at radius 2 is 1.63 bits per heavy atom. The molecule has 5 nitrogen and oxygen atoms in total. The zero-order chi connectivity index (χ0) is 20.7. The van der Waals surface area contributed by atoms with Gasteiger partial charge in [-0.25, -0.2) is 9.97 Å². The average Bonchev–Trinajstić information content (AvgIpc) is 2.74. The molecule has 2 aliphatic rings. The Labute approximate surface area is 177 Å². The smallest absolute Gasteiger partial charge is 0.254 e. The molecule has 1 amide bonds. The number of fused-ring (bicyclic) bond motifs is 1. The fraction of sp³-hybridized carbons (Fsp3) is 0.320. The van der Waals surface area contributed by atoms with Gasteiger partial charge in [-0.15, -0.1) is 0 Å². The number of hydrogen-bond acceptors (Lipinski definition) is 4. The van der Waals surface area contributed by atoms with Crippen LogP contribution in [0.5, 0.6) is 0 Å². The molecule has 0 N–H and O–H groups in total. The number of nitrogens with zero attached hydrogens (tertiary/aromatic N) is 4. The van der Waals surface area contributed by atoms with E-state index >= 15 is 0 Å². The Balaban J connectivity index is 1.39. The third kappa shape index (κ3) is 3.34. The summed E-state index contributed by atoms with van der Waals surface area (Å²) in [6.07, 6.45) is 1.07. The molecule has 152 valence electrons. The molecule has 1 aromatic heterocycles.